The third-order valence-corrected chi connectivity index (χ3v) is 5.05. The van der Waals surface area contributed by atoms with Crippen LogP contribution in [-0.4, -0.2) is 81.8 Å². The Bertz CT molecular complexity index is 931. The zero-order valence-electron chi connectivity index (χ0n) is 20.2. The van der Waals surface area contributed by atoms with Gasteiger partial charge in [-0.25, -0.2) is 4.79 Å². The second-order valence-corrected chi connectivity index (χ2v) is 8.30. The molecular weight excluding hydrogens is 474 g/mol. The molecule has 1 aromatic carbocycles. The van der Waals surface area contributed by atoms with E-state index in [1.165, 1.54) is 26.0 Å². The lowest BCUT2D eigenvalue weighted by Gasteiger charge is -2.25. The molecule has 0 radical (unpaired) electrons. The highest BCUT2D eigenvalue weighted by Crippen LogP contribution is 2.12. The Morgan fingerprint density at radius 1 is 0.944 bits per heavy atom. The van der Waals surface area contributed by atoms with Crippen molar-refractivity contribution in [3.8, 4) is 5.75 Å². The molecule has 12 N–H and O–H groups in total. The Morgan fingerprint density at radius 2 is 1.50 bits per heavy atom. The number of benzene rings is 1. The van der Waals surface area contributed by atoms with Crippen LogP contribution < -0.4 is 33.2 Å². The fraction of sp³-hybridized carbons (Fsp3) is 0.500. The average Bonchev–Trinajstić information content (AvgIpc) is 2.79. The first-order valence-electron chi connectivity index (χ1n) is 11.2. The van der Waals surface area contributed by atoms with Gasteiger partial charge in [-0.3, -0.25) is 19.4 Å². The van der Waals surface area contributed by atoms with Gasteiger partial charge in [-0.2, -0.15) is 0 Å². The minimum Gasteiger partial charge on any atom is -0.508 e. The standard InChI is InChI=1S/C22H35N7O7/c1-11(23)18(32)28-16(10-13-5-7-14(31)8-6-13)20(34)27-15(4-3-9-26-22(24)25)19(33)29-17(12(2)30)21(35)36/h5-8,11-12,15-17,30-31H,3-4,9-10,23H2,1-2H3,(H,27,34)(H,28,32)(H,29,33)(H,35,36)(H4,24,25,26). The second-order valence-electron chi connectivity index (χ2n) is 8.30. The van der Waals surface area contributed by atoms with E-state index in [1.807, 2.05) is 0 Å². The zero-order chi connectivity index (χ0) is 27.4. The van der Waals surface area contributed by atoms with Crippen LogP contribution in [-0.2, 0) is 25.6 Å². The first-order chi connectivity index (χ1) is 16.8. The molecule has 5 atom stereocenters. The van der Waals surface area contributed by atoms with E-state index in [9.17, 15) is 34.5 Å². The van der Waals surface area contributed by atoms with E-state index in [2.05, 4.69) is 20.9 Å². The molecular formula is C22H35N7O7. The highest BCUT2D eigenvalue weighted by molar-refractivity contribution is 5.94. The minimum absolute atomic E-state index is 0.0122. The third kappa shape index (κ3) is 10.6. The summed E-state index contributed by atoms with van der Waals surface area (Å²) in [4.78, 5) is 53.4. The summed E-state index contributed by atoms with van der Waals surface area (Å²) in [5, 5.41) is 35.7. The number of guanidine groups is 1. The molecule has 0 bridgehead atoms. The number of hydrogen-bond donors (Lipinski definition) is 9. The summed E-state index contributed by atoms with van der Waals surface area (Å²) in [6.07, 6.45) is -1.12. The topological polar surface area (TPSA) is 255 Å². The van der Waals surface area contributed by atoms with E-state index in [0.717, 1.165) is 0 Å². The minimum atomic E-state index is -1.61. The highest BCUT2D eigenvalue weighted by Gasteiger charge is 2.31. The Balaban J connectivity index is 3.12. The normalized spacial score (nSPS) is 14.9. The SMILES string of the molecule is CC(N)C(=O)NC(Cc1ccc(O)cc1)C(=O)NC(CCCN=C(N)N)C(=O)NC(C(=O)O)C(C)O. The van der Waals surface area contributed by atoms with Gasteiger partial charge in [0.15, 0.2) is 12.0 Å². The van der Waals surface area contributed by atoms with Crippen molar-refractivity contribution in [1.82, 2.24) is 16.0 Å². The maximum atomic E-state index is 13.2. The number of amides is 3. The van der Waals surface area contributed by atoms with Gasteiger partial charge in [0.1, 0.15) is 17.8 Å². The number of aliphatic hydroxyl groups is 1. The molecule has 1 aromatic rings. The van der Waals surface area contributed by atoms with Crippen LogP contribution in [0.1, 0.15) is 32.3 Å². The largest absolute Gasteiger partial charge is 0.508 e. The first-order valence-corrected chi connectivity index (χ1v) is 11.2. The van der Waals surface area contributed by atoms with Gasteiger partial charge in [-0.1, -0.05) is 12.1 Å². The molecule has 5 unspecified atom stereocenters. The van der Waals surface area contributed by atoms with E-state index < -0.39 is 54.0 Å². The van der Waals surface area contributed by atoms with E-state index >= 15 is 0 Å². The van der Waals surface area contributed by atoms with Crippen LogP contribution in [0, 0.1) is 0 Å². The summed E-state index contributed by atoms with van der Waals surface area (Å²) in [5.41, 5.74) is 16.8. The van der Waals surface area contributed by atoms with Crippen molar-refractivity contribution >= 4 is 29.7 Å². The summed E-state index contributed by atoms with van der Waals surface area (Å²) in [5.74, 6) is -3.80. The molecule has 0 fully saturated rings. The van der Waals surface area contributed by atoms with Crippen LogP contribution in [0.25, 0.3) is 0 Å². The fourth-order valence-corrected chi connectivity index (χ4v) is 3.07. The second kappa shape index (κ2) is 14.5. The number of aromatic hydroxyl groups is 1. The number of phenolic OH excluding ortho intramolecular Hbond substituents is 1. The van der Waals surface area contributed by atoms with Crippen LogP contribution in [0.5, 0.6) is 5.75 Å². The molecule has 0 aliphatic rings. The van der Waals surface area contributed by atoms with Gasteiger partial charge in [-0.05, 0) is 44.4 Å². The summed E-state index contributed by atoms with van der Waals surface area (Å²) >= 11 is 0. The quantitative estimate of drug-likeness (QED) is 0.0709. The van der Waals surface area contributed by atoms with Crippen molar-refractivity contribution in [2.24, 2.45) is 22.2 Å². The lowest BCUT2D eigenvalue weighted by molar-refractivity contribution is -0.145. The summed E-state index contributed by atoms with van der Waals surface area (Å²) < 4.78 is 0. The maximum absolute atomic E-state index is 13.2. The molecule has 200 valence electrons. The van der Waals surface area contributed by atoms with Crippen LogP contribution in [0.15, 0.2) is 29.3 Å². The lowest BCUT2D eigenvalue weighted by atomic mass is 10.0. The molecule has 0 aromatic heterocycles. The molecule has 36 heavy (non-hydrogen) atoms. The number of hydrogen-bond acceptors (Lipinski definition) is 8. The molecule has 3 amide bonds. The number of nitrogens with two attached hydrogens (primary N) is 3. The number of carboxylic acids is 1. The maximum Gasteiger partial charge on any atom is 0.328 e. The summed E-state index contributed by atoms with van der Waals surface area (Å²) in [7, 11) is 0. The Kier molecular flexibility index (Phi) is 12.1. The zero-order valence-corrected chi connectivity index (χ0v) is 20.2. The van der Waals surface area contributed by atoms with Gasteiger partial charge in [0.2, 0.25) is 17.7 Å². The van der Waals surface area contributed by atoms with Crippen molar-refractivity contribution in [3.63, 3.8) is 0 Å². The van der Waals surface area contributed by atoms with Crippen molar-refractivity contribution in [2.45, 2.75) is 63.4 Å². The monoisotopic (exact) mass is 509 g/mol. The number of rotatable bonds is 14. The lowest BCUT2D eigenvalue weighted by Crippen LogP contribution is -2.58. The number of phenols is 1. The Labute approximate surface area is 208 Å². The van der Waals surface area contributed by atoms with E-state index in [1.54, 1.807) is 12.1 Å². The van der Waals surface area contributed by atoms with Gasteiger partial charge in [0.05, 0.1) is 12.1 Å². The summed E-state index contributed by atoms with van der Waals surface area (Å²) in [6, 6.07) is 1.05. The first kappa shape index (κ1) is 30.1. The molecule has 0 heterocycles. The molecule has 0 saturated heterocycles. The van der Waals surface area contributed by atoms with Gasteiger partial charge in [0.25, 0.3) is 0 Å². The van der Waals surface area contributed by atoms with Gasteiger partial charge in [0, 0.05) is 13.0 Å². The fourth-order valence-electron chi connectivity index (χ4n) is 3.07. The molecule has 14 heteroatoms. The van der Waals surface area contributed by atoms with Crippen molar-refractivity contribution in [3.05, 3.63) is 29.8 Å². The molecule has 0 aliphatic heterocycles. The van der Waals surface area contributed by atoms with Gasteiger partial charge in [-0.15, -0.1) is 0 Å². The van der Waals surface area contributed by atoms with E-state index in [0.29, 0.717) is 5.56 Å². The van der Waals surface area contributed by atoms with Crippen LogP contribution in [0.3, 0.4) is 0 Å². The van der Waals surface area contributed by atoms with Crippen molar-refractivity contribution in [1.29, 1.82) is 0 Å². The predicted octanol–water partition coefficient (Wildman–Crippen LogP) is -2.74. The van der Waals surface area contributed by atoms with E-state index in [4.69, 9.17) is 17.2 Å². The van der Waals surface area contributed by atoms with Crippen LogP contribution in [0.2, 0.25) is 0 Å². The molecule has 0 aliphatic carbocycles. The number of carbonyl (C=O) groups is 4. The molecule has 0 spiro atoms. The van der Waals surface area contributed by atoms with Crippen molar-refractivity contribution in [2.75, 3.05) is 6.54 Å². The number of nitrogens with zero attached hydrogens (tertiary/aromatic N) is 1. The number of carbonyl (C=O) groups excluding carboxylic acids is 3. The number of aliphatic hydroxyl groups excluding tert-OH is 1. The van der Waals surface area contributed by atoms with Crippen molar-refractivity contribution < 1.29 is 34.5 Å². The van der Waals surface area contributed by atoms with Gasteiger partial charge >= 0.3 is 5.97 Å². The predicted molar refractivity (Wildman–Crippen MR) is 130 cm³/mol. The third-order valence-electron chi connectivity index (χ3n) is 5.05. The summed E-state index contributed by atoms with van der Waals surface area (Å²) in [6.45, 7) is 2.77. The van der Waals surface area contributed by atoms with Crippen LogP contribution in [0.4, 0.5) is 0 Å². The number of aliphatic carboxylic acids is 1. The molecule has 1 rings (SSSR count). The Hall–Kier alpha value is -3.91. The molecule has 0 saturated carbocycles. The molecule has 14 nitrogen and oxygen atoms in total. The van der Waals surface area contributed by atoms with E-state index in [-0.39, 0.29) is 37.5 Å². The average molecular weight is 510 g/mol. The Morgan fingerprint density at radius 3 is 2.00 bits per heavy atom. The number of nitrogens with one attached hydrogen (secondary N) is 3. The highest BCUT2D eigenvalue weighted by atomic mass is 16.4. The van der Waals surface area contributed by atoms with Gasteiger partial charge < -0.3 is 48.5 Å². The van der Waals surface area contributed by atoms with Crippen LogP contribution >= 0.6 is 0 Å². The smallest absolute Gasteiger partial charge is 0.328 e. The number of aliphatic imine (C=N–C) groups is 1. The number of carboxylic acid groups (broad SMARTS) is 1.